The molecule has 35 heavy (non-hydrogen) atoms. The Bertz CT molecular complexity index is 1230. The Morgan fingerprint density at radius 1 is 1.23 bits per heavy atom. The number of carbonyl (C=O) groups excluding carboxylic acids is 2. The normalized spacial score (nSPS) is 14.9. The molecule has 0 radical (unpaired) electrons. The molecule has 1 N–H and O–H groups in total. The summed E-state index contributed by atoms with van der Waals surface area (Å²) < 4.78 is 12.7. The van der Waals surface area contributed by atoms with E-state index in [0.717, 1.165) is 46.6 Å². The molecule has 3 aromatic rings. The molecule has 0 bridgehead atoms. The van der Waals surface area contributed by atoms with Crippen molar-refractivity contribution in [2.24, 2.45) is 13.0 Å². The number of methoxy groups -OCH3 is 1. The number of ether oxygens (including phenoxy) is 2. The van der Waals surface area contributed by atoms with Crippen LogP contribution in [-0.4, -0.2) is 39.5 Å². The van der Waals surface area contributed by atoms with E-state index in [-0.39, 0.29) is 18.3 Å². The zero-order valence-electron chi connectivity index (χ0n) is 20.6. The van der Waals surface area contributed by atoms with Gasteiger partial charge in [-0.1, -0.05) is 24.8 Å². The Balaban J connectivity index is 1.38. The lowest BCUT2D eigenvalue weighted by atomic mass is 9.88. The monoisotopic (exact) mass is 514 g/mol. The maximum atomic E-state index is 12.8. The first-order chi connectivity index (χ1) is 16.7. The lowest BCUT2D eigenvalue weighted by Crippen LogP contribution is -2.17. The number of thiophene rings is 1. The van der Waals surface area contributed by atoms with E-state index in [1.54, 1.807) is 0 Å². The van der Waals surface area contributed by atoms with Crippen molar-refractivity contribution < 1.29 is 19.1 Å². The summed E-state index contributed by atoms with van der Waals surface area (Å²) in [5.74, 6) is 1.55. The highest BCUT2D eigenvalue weighted by Crippen LogP contribution is 2.40. The van der Waals surface area contributed by atoms with E-state index >= 15 is 0 Å². The highest BCUT2D eigenvalue weighted by Gasteiger charge is 2.29. The highest BCUT2D eigenvalue weighted by atomic mass is 32.2. The summed E-state index contributed by atoms with van der Waals surface area (Å²) in [7, 11) is 3.22. The van der Waals surface area contributed by atoms with Crippen LogP contribution in [0.15, 0.2) is 23.4 Å². The van der Waals surface area contributed by atoms with Crippen LogP contribution in [0.2, 0.25) is 0 Å². The van der Waals surface area contributed by atoms with Crippen molar-refractivity contribution in [2.45, 2.75) is 51.8 Å². The summed E-state index contributed by atoms with van der Waals surface area (Å²) in [5.41, 5.74) is 3.79. The predicted octanol–water partition coefficient (Wildman–Crippen LogP) is 4.71. The minimum absolute atomic E-state index is 0.142. The third-order valence-corrected chi connectivity index (χ3v) is 8.16. The van der Waals surface area contributed by atoms with Gasteiger partial charge in [0, 0.05) is 11.9 Å². The third kappa shape index (κ3) is 5.87. The molecule has 0 saturated carbocycles. The molecule has 1 aliphatic rings. The van der Waals surface area contributed by atoms with Gasteiger partial charge in [0.1, 0.15) is 17.4 Å². The van der Waals surface area contributed by atoms with Crippen LogP contribution in [0, 0.1) is 19.8 Å². The molecule has 4 rings (SSSR count). The molecule has 2 aromatic heterocycles. The first-order valence-corrected chi connectivity index (χ1v) is 13.3. The zero-order valence-corrected chi connectivity index (χ0v) is 22.3. The Kier molecular flexibility index (Phi) is 7.81. The number of aromatic nitrogens is 3. The lowest BCUT2D eigenvalue weighted by Gasteiger charge is -2.18. The molecule has 8 nitrogen and oxygen atoms in total. The Morgan fingerprint density at radius 3 is 2.69 bits per heavy atom. The van der Waals surface area contributed by atoms with Crippen molar-refractivity contribution in [3.8, 4) is 5.75 Å². The molecule has 186 valence electrons. The number of hydrogen-bond acceptors (Lipinski definition) is 8. The summed E-state index contributed by atoms with van der Waals surface area (Å²) in [6.45, 7) is 6.54. The van der Waals surface area contributed by atoms with Crippen molar-refractivity contribution >= 4 is 40.0 Å². The lowest BCUT2D eigenvalue weighted by molar-refractivity contribution is -0.113. The minimum atomic E-state index is -0.401. The molecule has 0 fully saturated rings. The molecule has 1 aliphatic carbocycles. The summed E-state index contributed by atoms with van der Waals surface area (Å²) in [6.07, 6.45) is 2.77. The first-order valence-electron chi connectivity index (χ1n) is 11.5. The van der Waals surface area contributed by atoms with Crippen molar-refractivity contribution in [1.29, 1.82) is 0 Å². The third-order valence-electron chi connectivity index (χ3n) is 5.97. The standard InChI is InChI=1S/C25H30N4O4S2/c1-14-6-7-18-19(11-14)35-23(22(18)24(31)32-5)26-21(30)13-34-25-28-27-20(29(25)4)12-33-17-9-15(2)8-16(3)10-17/h8-10,14H,6-7,11-13H2,1-5H3,(H,26,30). The van der Waals surface area contributed by atoms with Gasteiger partial charge in [-0.05, 0) is 67.9 Å². The molecule has 1 aromatic carbocycles. The van der Waals surface area contributed by atoms with Gasteiger partial charge in [-0.2, -0.15) is 0 Å². The maximum absolute atomic E-state index is 12.8. The minimum Gasteiger partial charge on any atom is -0.486 e. The number of esters is 1. The van der Waals surface area contributed by atoms with Gasteiger partial charge in [0.15, 0.2) is 11.0 Å². The van der Waals surface area contributed by atoms with E-state index in [0.29, 0.717) is 27.5 Å². The van der Waals surface area contributed by atoms with Gasteiger partial charge < -0.3 is 19.4 Å². The number of benzene rings is 1. The smallest absolute Gasteiger partial charge is 0.341 e. The maximum Gasteiger partial charge on any atom is 0.341 e. The molecule has 0 saturated heterocycles. The Labute approximate surface area is 213 Å². The second-order valence-corrected chi connectivity index (χ2v) is 11.0. The SMILES string of the molecule is COC(=O)c1c(NC(=O)CSc2nnc(COc3cc(C)cc(C)c3)n2C)sc2c1CCC(C)C2. The molecular formula is C25H30N4O4S2. The number of fused-ring (bicyclic) bond motifs is 1. The van der Waals surface area contributed by atoms with Crippen LogP contribution in [0.3, 0.4) is 0 Å². The van der Waals surface area contributed by atoms with Gasteiger partial charge in [-0.25, -0.2) is 4.79 Å². The number of aryl methyl sites for hydroxylation is 2. The predicted molar refractivity (Wildman–Crippen MR) is 137 cm³/mol. The van der Waals surface area contributed by atoms with Crippen LogP contribution >= 0.6 is 23.1 Å². The highest BCUT2D eigenvalue weighted by molar-refractivity contribution is 7.99. The van der Waals surface area contributed by atoms with Crippen LogP contribution in [0.5, 0.6) is 5.75 Å². The van der Waals surface area contributed by atoms with Crippen LogP contribution in [0.1, 0.15) is 51.1 Å². The Hall–Kier alpha value is -2.85. The number of nitrogens with one attached hydrogen (secondary N) is 1. The van der Waals surface area contributed by atoms with Gasteiger partial charge in [0.2, 0.25) is 5.91 Å². The van der Waals surface area contributed by atoms with E-state index in [9.17, 15) is 9.59 Å². The quantitative estimate of drug-likeness (QED) is 0.343. The van der Waals surface area contributed by atoms with Gasteiger partial charge in [0.05, 0.1) is 18.4 Å². The van der Waals surface area contributed by atoms with Crippen LogP contribution in [-0.2, 0) is 36.0 Å². The fourth-order valence-corrected chi connectivity index (χ4v) is 6.36. The number of amides is 1. The average molecular weight is 515 g/mol. The van der Waals surface area contributed by atoms with Crippen LogP contribution < -0.4 is 10.1 Å². The average Bonchev–Trinajstić information content (AvgIpc) is 3.34. The van der Waals surface area contributed by atoms with Crippen molar-refractivity contribution in [2.75, 3.05) is 18.2 Å². The number of nitrogens with zero attached hydrogens (tertiary/aromatic N) is 3. The summed E-state index contributed by atoms with van der Waals surface area (Å²) in [4.78, 5) is 26.4. The second kappa shape index (κ2) is 10.8. The van der Waals surface area contributed by atoms with Gasteiger partial charge >= 0.3 is 5.97 Å². The largest absolute Gasteiger partial charge is 0.486 e. The summed E-state index contributed by atoms with van der Waals surface area (Å²) in [6, 6.07) is 6.05. The van der Waals surface area contributed by atoms with Crippen molar-refractivity contribution in [3.63, 3.8) is 0 Å². The van der Waals surface area contributed by atoms with E-state index in [4.69, 9.17) is 9.47 Å². The number of carbonyl (C=O) groups is 2. The van der Waals surface area contributed by atoms with E-state index in [1.807, 2.05) is 37.6 Å². The number of rotatable bonds is 8. The number of anilines is 1. The second-order valence-electron chi connectivity index (χ2n) is 8.95. The molecule has 1 unspecified atom stereocenters. The molecular weight excluding hydrogens is 484 g/mol. The van der Waals surface area contributed by atoms with Crippen LogP contribution in [0.4, 0.5) is 5.00 Å². The summed E-state index contributed by atoms with van der Waals surface area (Å²) in [5, 5.41) is 12.5. The molecule has 2 heterocycles. The van der Waals surface area contributed by atoms with Crippen molar-refractivity contribution in [3.05, 3.63) is 51.2 Å². The molecule has 0 spiro atoms. The molecule has 0 aliphatic heterocycles. The number of thioether (sulfide) groups is 1. The van der Waals surface area contributed by atoms with Crippen molar-refractivity contribution in [1.82, 2.24) is 14.8 Å². The number of hydrogen-bond donors (Lipinski definition) is 1. The molecule has 1 atom stereocenters. The van der Waals surface area contributed by atoms with Gasteiger partial charge in [0.25, 0.3) is 0 Å². The fourth-order valence-electron chi connectivity index (χ4n) is 4.21. The first kappa shape index (κ1) is 25.2. The fraction of sp³-hybridized carbons (Fsp3) is 0.440. The molecule has 1 amide bonds. The van der Waals surface area contributed by atoms with E-state index in [1.165, 1.54) is 30.2 Å². The van der Waals surface area contributed by atoms with E-state index in [2.05, 4.69) is 28.5 Å². The van der Waals surface area contributed by atoms with Gasteiger partial charge in [-0.15, -0.1) is 21.5 Å². The van der Waals surface area contributed by atoms with Crippen LogP contribution in [0.25, 0.3) is 0 Å². The molecule has 10 heteroatoms. The van der Waals surface area contributed by atoms with E-state index < -0.39 is 5.97 Å². The Morgan fingerprint density at radius 2 is 1.97 bits per heavy atom. The zero-order chi connectivity index (χ0) is 25.1. The summed E-state index contributed by atoms with van der Waals surface area (Å²) >= 11 is 2.77. The van der Waals surface area contributed by atoms with Gasteiger partial charge in [-0.3, -0.25) is 4.79 Å². The topological polar surface area (TPSA) is 95.3 Å².